The Bertz CT molecular complexity index is 477. The first-order chi connectivity index (χ1) is 7.16. The van der Waals surface area contributed by atoms with Crippen LogP contribution in [0.1, 0.15) is 0 Å². The van der Waals surface area contributed by atoms with E-state index in [1.54, 1.807) is 18.2 Å². The molecule has 2 aromatic rings. The Labute approximate surface area is 91.1 Å². The minimum atomic E-state index is -0.456. The minimum absolute atomic E-state index is 0.0665. The third-order valence-corrected chi connectivity index (χ3v) is 2.39. The molecule has 0 radical (unpaired) electrons. The number of hydrogen-bond donors (Lipinski definition) is 0. The van der Waals surface area contributed by atoms with Crippen molar-refractivity contribution in [3.63, 3.8) is 0 Å². The Morgan fingerprint density at radius 1 is 0.800 bits per heavy atom. The van der Waals surface area contributed by atoms with Crippen molar-refractivity contribution < 1.29 is 8.78 Å². The molecule has 0 aliphatic heterocycles. The lowest BCUT2D eigenvalue weighted by Crippen LogP contribution is -1.81. The summed E-state index contributed by atoms with van der Waals surface area (Å²) >= 11 is 5.65. The first kappa shape index (κ1) is 10.1. The lowest BCUT2D eigenvalue weighted by Gasteiger charge is -2.02. The van der Waals surface area contributed by atoms with Gasteiger partial charge >= 0.3 is 0 Å². The van der Waals surface area contributed by atoms with Gasteiger partial charge in [0.25, 0.3) is 0 Å². The smallest absolute Gasteiger partial charge is 0.141 e. The molecule has 0 unspecified atom stereocenters. The second-order valence-corrected chi connectivity index (χ2v) is 3.54. The monoisotopic (exact) mass is 224 g/mol. The van der Waals surface area contributed by atoms with Gasteiger partial charge in [0.15, 0.2) is 0 Å². The van der Waals surface area contributed by atoms with Gasteiger partial charge in [0, 0.05) is 0 Å². The van der Waals surface area contributed by atoms with Crippen molar-refractivity contribution in [3.8, 4) is 11.1 Å². The highest BCUT2D eigenvalue weighted by Crippen LogP contribution is 2.24. The molecule has 0 saturated heterocycles. The van der Waals surface area contributed by atoms with E-state index in [-0.39, 0.29) is 10.8 Å². The van der Waals surface area contributed by atoms with Crippen molar-refractivity contribution in [1.29, 1.82) is 0 Å². The molecule has 0 bridgehead atoms. The van der Waals surface area contributed by atoms with Crippen LogP contribution in [0.5, 0.6) is 0 Å². The summed E-state index contributed by atoms with van der Waals surface area (Å²) in [5.74, 6) is -0.755. The molecule has 76 valence electrons. The van der Waals surface area contributed by atoms with Crippen molar-refractivity contribution in [3.05, 3.63) is 59.1 Å². The molecule has 0 fully saturated rings. The molecule has 0 spiro atoms. The van der Waals surface area contributed by atoms with E-state index >= 15 is 0 Å². The maximum Gasteiger partial charge on any atom is 0.141 e. The molecule has 0 nitrogen and oxygen atoms in total. The van der Waals surface area contributed by atoms with Gasteiger partial charge in [-0.2, -0.15) is 0 Å². The summed E-state index contributed by atoms with van der Waals surface area (Å²) in [6.07, 6.45) is 0. The summed E-state index contributed by atoms with van der Waals surface area (Å²) in [5.41, 5.74) is 1.57. The van der Waals surface area contributed by atoms with Crippen LogP contribution in [0, 0.1) is 11.6 Å². The van der Waals surface area contributed by atoms with Crippen molar-refractivity contribution in [2.75, 3.05) is 0 Å². The van der Waals surface area contributed by atoms with Crippen LogP contribution in [-0.4, -0.2) is 0 Å². The molecule has 0 aliphatic carbocycles. The summed E-state index contributed by atoms with van der Waals surface area (Å²) in [6, 6.07) is 10.4. The lowest BCUT2D eigenvalue weighted by atomic mass is 10.1. The van der Waals surface area contributed by atoms with Gasteiger partial charge in [-0.1, -0.05) is 29.8 Å². The third-order valence-electron chi connectivity index (χ3n) is 2.10. The predicted octanol–water partition coefficient (Wildman–Crippen LogP) is 4.29. The summed E-state index contributed by atoms with van der Waals surface area (Å²) < 4.78 is 25.5. The fourth-order valence-electron chi connectivity index (χ4n) is 1.32. The Balaban J connectivity index is 2.45. The van der Waals surface area contributed by atoms with Crippen LogP contribution in [0.4, 0.5) is 8.78 Å². The Morgan fingerprint density at radius 3 is 2.00 bits per heavy atom. The van der Waals surface area contributed by atoms with Crippen molar-refractivity contribution >= 4 is 11.6 Å². The number of benzene rings is 2. The van der Waals surface area contributed by atoms with Crippen LogP contribution in [0.25, 0.3) is 11.1 Å². The minimum Gasteiger partial charge on any atom is -0.207 e. The van der Waals surface area contributed by atoms with E-state index in [1.165, 1.54) is 24.3 Å². The van der Waals surface area contributed by atoms with Gasteiger partial charge in [0.2, 0.25) is 0 Å². The molecule has 0 atom stereocenters. The Hall–Kier alpha value is -1.41. The second kappa shape index (κ2) is 3.99. The average Bonchev–Trinajstić information content (AvgIpc) is 2.23. The highest BCUT2D eigenvalue weighted by atomic mass is 35.5. The van der Waals surface area contributed by atoms with Crippen LogP contribution in [0.15, 0.2) is 42.5 Å². The SMILES string of the molecule is Fc1ccc(-c2ccc(F)c(Cl)c2)cc1. The van der Waals surface area contributed by atoms with E-state index in [0.29, 0.717) is 0 Å². The highest BCUT2D eigenvalue weighted by Gasteiger charge is 2.02. The molecule has 0 heterocycles. The van der Waals surface area contributed by atoms with Crippen LogP contribution in [0.3, 0.4) is 0 Å². The van der Waals surface area contributed by atoms with Gasteiger partial charge in [-0.25, -0.2) is 8.78 Å². The summed E-state index contributed by atoms with van der Waals surface area (Å²) in [5, 5.41) is 0.0665. The zero-order chi connectivity index (χ0) is 10.8. The largest absolute Gasteiger partial charge is 0.207 e. The van der Waals surface area contributed by atoms with Crippen molar-refractivity contribution in [2.24, 2.45) is 0 Å². The summed E-state index contributed by atoms with van der Waals surface area (Å²) in [6.45, 7) is 0. The van der Waals surface area contributed by atoms with E-state index in [1.807, 2.05) is 0 Å². The van der Waals surface area contributed by atoms with Gasteiger partial charge in [-0.3, -0.25) is 0 Å². The number of rotatable bonds is 1. The predicted molar refractivity (Wildman–Crippen MR) is 56.8 cm³/mol. The van der Waals surface area contributed by atoms with Gasteiger partial charge in [0.05, 0.1) is 5.02 Å². The van der Waals surface area contributed by atoms with Gasteiger partial charge in [-0.05, 0) is 35.4 Å². The number of hydrogen-bond acceptors (Lipinski definition) is 0. The maximum atomic E-state index is 12.9. The molecule has 0 N–H and O–H groups in total. The van der Waals surface area contributed by atoms with E-state index in [0.717, 1.165) is 11.1 Å². The quantitative estimate of drug-likeness (QED) is 0.678. The third kappa shape index (κ3) is 2.16. The fraction of sp³-hybridized carbons (Fsp3) is 0. The summed E-state index contributed by atoms with van der Waals surface area (Å²) in [4.78, 5) is 0. The topological polar surface area (TPSA) is 0 Å². The van der Waals surface area contributed by atoms with Crippen LogP contribution < -0.4 is 0 Å². The molecule has 0 aliphatic rings. The molecule has 0 amide bonds. The highest BCUT2D eigenvalue weighted by molar-refractivity contribution is 6.31. The van der Waals surface area contributed by atoms with E-state index in [9.17, 15) is 8.78 Å². The average molecular weight is 225 g/mol. The Morgan fingerprint density at radius 2 is 1.40 bits per heavy atom. The summed E-state index contributed by atoms with van der Waals surface area (Å²) in [7, 11) is 0. The Kier molecular flexibility index (Phi) is 2.69. The molecular weight excluding hydrogens is 218 g/mol. The molecule has 15 heavy (non-hydrogen) atoms. The molecule has 0 saturated carbocycles. The molecular formula is C12H7ClF2. The standard InChI is InChI=1S/C12H7ClF2/c13-11-7-9(3-6-12(11)15)8-1-4-10(14)5-2-8/h1-7H. The normalized spacial score (nSPS) is 10.3. The van der Waals surface area contributed by atoms with Crippen molar-refractivity contribution in [1.82, 2.24) is 0 Å². The molecule has 2 aromatic carbocycles. The van der Waals surface area contributed by atoms with E-state index in [2.05, 4.69) is 0 Å². The van der Waals surface area contributed by atoms with Crippen molar-refractivity contribution in [2.45, 2.75) is 0 Å². The molecule has 0 aromatic heterocycles. The van der Waals surface area contributed by atoms with Gasteiger partial charge in [0.1, 0.15) is 11.6 Å². The van der Waals surface area contributed by atoms with Crippen LogP contribution >= 0.6 is 11.6 Å². The van der Waals surface area contributed by atoms with E-state index in [4.69, 9.17) is 11.6 Å². The molecule has 3 heteroatoms. The molecule has 2 rings (SSSR count). The fourth-order valence-corrected chi connectivity index (χ4v) is 1.50. The lowest BCUT2D eigenvalue weighted by molar-refractivity contribution is 0.627. The van der Waals surface area contributed by atoms with E-state index < -0.39 is 5.82 Å². The maximum absolute atomic E-state index is 12.9. The number of halogens is 3. The van der Waals surface area contributed by atoms with Gasteiger partial charge in [-0.15, -0.1) is 0 Å². The van der Waals surface area contributed by atoms with Crippen LogP contribution in [0.2, 0.25) is 5.02 Å². The second-order valence-electron chi connectivity index (χ2n) is 3.14. The zero-order valence-corrected chi connectivity index (χ0v) is 8.43. The first-order valence-electron chi connectivity index (χ1n) is 4.38. The first-order valence-corrected chi connectivity index (χ1v) is 4.75. The van der Waals surface area contributed by atoms with Crippen LogP contribution in [-0.2, 0) is 0 Å². The van der Waals surface area contributed by atoms with Gasteiger partial charge < -0.3 is 0 Å². The zero-order valence-electron chi connectivity index (χ0n) is 7.68.